The molecule has 1 amide bonds. The molecule has 1 unspecified atom stereocenters. The molecule has 0 aliphatic carbocycles. The van der Waals surface area contributed by atoms with E-state index in [1.54, 1.807) is 17.0 Å². The minimum Gasteiger partial charge on any atom is -0.444 e. The van der Waals surface area contributed by atoms with Crippen LogP contribution in [0.3, 0.4) is 0 Å². The number of benzene rings is 1. The Morgan fingerprint density at radius 3 is 2.64 bits per heavy atom. The summed E-state index contributed by atoms with van der Waals surface area (Å²) >= 11 is 12.2. The molecule has 0 aromatic heterocycles. The molecule has 5 nitrogen and oxygen atoms in total. The van der Waals surface area contributed by atoms with Crippen LogP contribution in [0, 0.1) is 0 Å². The van der Waals surface area contributed by atoms with Gasteiger partial charge in [0.25, 0.3) is 0 Å². The Balaban J connectivity index is 2.34. The second-order valence-corrected chi connectivity index (χ2v) is 7.83. The molecular formula is C18H25Cl2NO4. The van der Waals surface area contributed by atoms with E-state index < -0.39 is 11.2 Å². The van der Waals surface area contributed by atoms with Crippen molar-refractivity contribution in [3.8, 4) is 0 Å². The fourth-order valence-corrected chi connectivity index (χ4v) is 3.03. The Morgan fingerprint density at radius 1 is 1.32 bits per heavy atom. The van der Waals surface area contributed by atoms with Gasteiger partial charge in [-0.15, -0.1) is 0 Å². The first kappa shape index (κ1) is 20.3. The van der Waals surface area contributed by atoms with Gasteiger partial charge in [0.15, 0.2) is 0 Å². The van der Waals surface area contributed by atoms with Crippen LogP contribution < -0.4 is 0 Å². The summed E-state index contributed by atoms with van der Waals surface area (Å²) in [4.78, 5) is 14.2. The van der Waals surface area contributed by atoms with Crippen LogP contribution >= 0.6 is 23.2 Å². The monoisotopic (exact) mass is 389 g/mol. The zero-order chi connectivity index (χ0) is 18.7. The lowest BCUT2D eigenvalue weighted by atomic mass is 9.93. The standard InChI is InChI=1S/C18H25Cl2NO4/c1-5-24-18(13-6-7-14(19)15(20)10-13)11-21(8-9-23-12-18)16(22)25-17(2,3)4/h6-7,10H,5,8-9,11-12H2,1-4H3. The second kappa shape index (κ2) is 8.12. The summed E-state index contributed by atoms with van der Waals surface area (Å²) in [6, 6.07) is 5.34. The maximum Gasteiger partial charge on any atom is 0.410 e. The molecule has 7 heteroatoms. The van der Waals surface area contributed by atoms with Crippen molar-refractivity contribution in [1.29, 1.82) is 0 Å². The lowest BCUT2D eigenvalue weighted by Crippen LogP contribution is -2.47. The minimum absolute atomic E-state index is 0.313. The van der Waals surface area contributed by atoms with Crippen molar-refractivity contribution in [3.63, 3.8) is 0 Å². The Morgan fingerprint density at radius 2 is 2.04 bits per heavy atom. The summed E-state index contributed by atoms with van der Waals surface area (Å²) in [5.74, 6) is 0. The van der Waals surface area contributed by atoms with Crippen LogP contribution in [0.4, 0.5) is 4.79 Å². The van der Waals surface area contributed by atoms with Crippen molar-refractivity contribution in [1.82, 2.24) is 4.90 Å². The average Bonchev–Trinajstić information content (AvgIpc) is 2.72. The number of hydrogen-bond acceptors (Lipinski definition) is 4. The van der Waals surface area contributed by atoms with Gasteiger partial charge in [-0.1, -0.05) is 29.3 Å². The van der Waals surface area contributed by atoms with Crippen molar-refractivity contribution in [2.24, 2.45) is 0 Å². The second-order valence-electron chi connectivity index (χ2n) is 7.01. The highest BCUT2D eigenvalue weighted by Gasteiger charge is 2.40. The highest BCUT2D eigenvalue weighted by molar-refractivity contribution is 6.42. The van der Waals surface area contributed by atoms with Crippen LogP contribution in [0.15, 0.2) is 18.2 Å². The number of nitrogens with zero attached hydrogens (tertiary/aromatic N) is 1. The molecule has 1 aliphatic rings. The molecule has 0 radical (unpaired) electrons. The first-order valence-corrected chi connectivity index (χ1v) is 9.07. The number of halogens is 2. The van der Waals surface area contributed by atoms with Gasteiger partial charge in [-0.25, -0.2) is 4.79 Å². The van der Waals surface area contributed by atoms with Gasteiger partial charge in [-0.3, -0.25) is 0 Å². The maximum absolute atomic E-state index is 12.6. The van der Waals surface area contributed by atoms with Gasteiger partial charge >= 0.3 is 6.09 Å². The SMILES string of the molecule is CCOC1(c2ccc(Cl)c(Cl)c2)COCCN(C(=O)OC(C)(C)C)C1. The third kappa shape index (κ3) is 5.23. The molecule has 140 valence electrons. The minimum atomic E-state index is -0.823. The van der Waals surface area contributed by atoms with Gasteiger partial charge in [0.05, 0.1) is 29.8 Å². The molecule has 0 bridgehead atoms. The number of hydrogen-bond donors (Lipinski definition) is 0. The number of carbonyl (C=O) groups excluding carboxylic acids is 1. The molecule has 0 saturated carbocycles. The van der Waals surface area contributed by atoms with Crippen molar-refractivity contribution in [3.05, 3.63) is 33.8 Å². The van der Waals surface area contributed by atoms with E-state index in [0.717, 1.165) is 5.56 Å². The molecule has 2 rings (SSSR count). The van der Waals surface area contributed by atoms with Gasteiger partial charge in [-0.05, 0) is 45.4 Å². The van der Waals surface area contributed by atoms with Gasteiger partial charge in [0.1, 0.15) is 11.2 Å². The van der Waals surface area contributed by atoms with Crippen LogP contribution in [0.1, 0.15) is 33.3 Å². The van der Waals surface area contributed by atoms with E-state index in [1.165, 1.54) is 0 Å². The van der Waals surface area contributed by atoms with E-state index in [4.69, 9.17) is 37.4 Å². The third-order valence-electron chi connectivity index (χ3n) is 3.81. The van der Waals surface area contributed by atoms with Crippen LogP contribution in [-0.4, -0.2) is 49.5 Å². The Labute approximate surface area is 159 Å². The van der Waals surface area contributed by atoms with Crippen LogP contribution in [0.2, 0.25) is 10.0 Å². The molecule has 1 fully saturated rings. The molecular weight excluding hydrogens is 365 g/mol. The van der Waals surface area contributed by atoms with Crippen molar-refractivity contribution < 1.29 is 19.0 Å². The smallest absolute Gasteiger partial charge is 0.410 e. The van der Waals surface area contributed by atoms with E-state index in [0.29, 0.717) is 43.0 Å². The van der Waals surface area contributed by atoms with E-state index in [1.807, 2.05) is 33.8 Å². The first-order chi connectivity index (χ1) is 11.7. The van der Waals surface area contributed by atoms with Crippen LogP contribution in [0.5, 0.6) is 0 Å². The fourth-order valence-electron chi connectivity index (χ4n) is 2.73. The van der Waals surface area contributed by atoms with Gasteiger partial charge in [-0.2, -0.15) is 0 Å². The van der Waals surface area contributed by atoms with Crippen LogP contribution in [-0.2, 0) is 19.8 Å². The predicted octanol–water partition coefficient (Wildman–Crippen LogP) is 4.49. The van der Waals surface area contributed by atoms with E-state index in [2.05, 4.69) is 0 Å². The lowest BCUT2D eigenvalue weighted by molar-refractivity contribution is -0.0946. The Bertz CT molecular complexity index is 618. The van der Waals surface area contributed by atoms with Crippen molar-refractivity contribution in [2.75, 3.05) is 32.9 Å². The Hall–Kier alpha value is -1.01. The van der Waals surface area contributed by atoms with Gasteiger partial charge < -0.3 is 19.1 Å². The summed E-state index contributed by atoms with van der Waals surface area (Å²) in [5.41, 5.74) is -0.572. The molecule has 1 saturated heterocycles. The normalized spacial score (nSPS) is 21.8. The average molecular weight is 390 g/mol. The highest BCUT2D eigenvalue weighted by Crippen LogP contribution is 2.34. The molecule has 25 heavy (non-hydrogen) atoms. The quantitative estimate of drug-likeness (QED) is 0.763. The summed E-state index contributed by atoms with van der Waals surface area (Å²) in [6.45, 7) is 9.37. The zero-order valence-electron chi connectivity index (χ0n) is 15.1. The van der Waals surface area contributed by atoms with Crippen LogP contribution in [0.25, 0.3) is 0 Å². The van der Waals surface area contributed by atoms with Gasteiger partial charge in [0, 0.05) is 13.2 Å². The third-order valence-corrected chi connectivity index (χ3v) is 4.54. The van der Waals surface area contributed by atoms with E-state index in [9.17, 15) is 4.79 Å². The summed E-state index contributed by atoms with van der Waals surface area (Å²) in [6.07, 6.45) is -0.387. The molecule has 0 N–H and O–H groups in total. The highest BCUT2D eigenvalue weighted by atomic mass is 35.5. The van der Waals surface area contributed by atoms with E-state index >= 15 is 0 Å². The lowest BCUT2D eigenvalue weighted by Gasteiger charge is -2.36. The molecule has 0 spiro atoms. The number of carbonyl (C=O) groups is 1. The summed E-state index contributed by atoms with van der Waals surface area (Å²) < 4.78 is 17.3. The largest absolute Gasteiger partial charge is 0.444 e. The molecule has 1 aliphatic heterocycles. The molecule has 1 aromatic carbocycles. The number of amides is 1. The Kier molecular flexibility index (Phi) is 6.60. The van der Waals surface area contributed by atoms with Crippen molar-refractivity contribution in [2.45, 2.75) is 38.9 Å². The van der Waals surface area contributed by atoms with Gasteiger partial charge in [0.2, 0.25) is 0 Å². The maximum atomic E-state index is 12.6. The fraction of sp³-hybridized carbons (Fsp3) is 0.611. The zero-order valence-corrected chi connectivity index (χ0v) is 16.6. The van der Waals surface area contributed by atoms with E-state index in [-0.39, 0.29) is 6.09 Å². The summed E-state index contributed by atoms with van der Waals surface area (Å²) in [5, 5.41) is 0.905. The molecule has 1 aromatic rings. The topological polar surface area (TPSA) is 48.0 Å². The summed E-state index contributed by atoms with van der Waals surface area (Å²) in [7, 11) is 0. The first-order valence-electron chi connectivity index (χ1n) is 8.32. The predicted molar refractivity (Wildman–Crippen MR) is 98.4 cm³/mol. The number of ether oxygens (including phenoxy) is 3. The van der Waals surface area contributed by atoms with Crippen molar-refractivity contribution >= 4 is 29.3 Å². The molecule has 1 heterocycles. The number of rotatable bonds is 3. The molecule has 1 atom stereocenters.